The zero-order chi connectivity index (χ0) is 22.4. The molecule has 0 spiro atoms. The molecule has 0 N–H and O–H groups in total. The van der Waals surface area contributed by atoms with Crippen LogP contribution in [0.5, 0.6) is 0 Å². The molecule has 2 fully saturated rings. The molecule has 0 saturated carbocycles. The van der Waals surface area contributed by atoms with Crippen molar-refractivity contribution >= 4 is 28.9 Å². The number of non-ortho nitro benzene ring substituents is 1. The van der Waals surface area contributed by atoms with Crippen LogP contribution in [-0.2, 0) is 14.4 Å². The highest BCUT2D eigenvalue weighted by molar-refractivity contribution is 6.24. The van der Waals surface area contributed by atoms with Gasteiger partial charge in [-0.15, -0.1) is 0 Å². The molecule has 5 rings (SSSR count). The Labute approximate surface area is 183 Å². The third-order valence-electron chi connectivity index (χ3n) is 5.91. The Morgan fingerprint density at radius 3 is 2.34 bits per heavy atom. The molecule has 0 unspecified atom stereocenters. The van der Waals surface area contributed by atoms with Gasteiger partial charge in [-0.3, -0.25) is 24.5 Å². The molecule has 0 aliphatic carbocycles. The first kappa shape index (κ1) is 19.9. The lowest BCUT2D eigenvalue weighted by atomic mass is 9.90. The number of nitro benzene ring substituents is 1. The van der Waals surface area contributed by atoms with Crippen LogP contribution in [0.15, 0.2) is 78.9 Å². The molecule has 2 aliphatic rings. The van der Waals surface area contributed by atoms with Crippen LogP contribution in [0, 0.1) is 23.0 Å². The molecule has 0 aromatic heterocycles. The fraction of sp³-hybridized carbons (Fsp3) is 0.167. The summed E-state index contributed by atoms with van der Waals surface area (Å²) in [6.45, 7) is 1.84. The van der Waals surface area contributed by atoms with Crippen molar-refractivity contribution in [1.29, 1.82) is 0 Å². The molecule has 32 heavy (non-hydrogen) atoms. The highest BCUT2D eigenvalue weighted by Crippen LogP contribution is 2.48. The lowest BCUT2D eigenvalue weighted by Gasteiger charge is -2.29. The summed E-state index contributed by atoms with van der Waals surface area (Å²) in [6, 6.07) is 21.8. The molecule has 0 bridgehead atoms. The van der Waals surface area contributed by atoms with E-state index in [0.717, 1.165) is 11.1 Å². The lowest BCUT2D eigenvalue weighted by Crippen LogP contribution is -2.37. The molecular formula is C24H19N3O5. The number of rotatable bonds is 4. The summed E-state index contributed by atoms with van der Waals surface area (Å²) in [5, 5.41) is 12.7. The number of amides is 2. The van der Waals surface area contributed by atoms with E-state index in [1.165, 1.54) is 22.1 Å². The van der Waals surface area contributed by atoms with E-state index in [-0.39, 0.29) is 11.6 Å². The third kappa shape index (κ3) is 3.04. The first-order valence-electron chi connectivity index (χ1n) is 10.2. The van der Waals surface area contributed by atoms with Gasteiger partial charge in [-0.2, -0.15) is 0 Å². The van der Waals surface area contributed by atoms with Crippen LogP contribution >= 0.6 is 0 Å². The highest BCUT2D eigenvalue weighted by Gasteiger charge is 2.60. The minimum atomic E-state index is -1.02. The SMILES string of the molecule is Cc1ccccc1N1C(=O)[C@@H]2[C@H](ON(c3cccc([N+](=O)[O-])c3)[C@@H]2c2ccccc2)C1=O. The zero-order valence-electron chi connectivity index (χ0n) is 17.1. The largest absolute Gasteiger partial charge is 0.273 e. The Morgan fingerprint density at radius 1 is 0.906 bits per heavy atom. The van der Waals surface area contributed by atoms with Crippen molar-refractivity contribution in [3.8, 4) is 0 Å². The highest BCUT2D eigenvalue weighted by atomic mass is 16.7. The average molecular weight is 429 g/mol. The van der Waals surface area contributed by atoms with Crippen molar-refractivity contribution in [2.45, 2.75) is 19.1 Å². The van der Waals surface area contributed by atoms with Gasteiger partial charge in [-0.25, -0.2) is 9.96 Å². The predicted octanol–water partition coefficient (Wildman–Crippen LogP) is 3.95. The smallest absolute Gasteiger partial charge is 0.271 e. The van der Waals surface area contributed by atoms with Crippen LogP contribution in [0.1, 0.15) is 17.2 Å². The molecule has 3 aromatic carbocycles. The van der Waals surface area contributed by atoms with Crippen LogP contribution in [-0.4, -0.2) is 22.8 Å². The minimum absolute atomic E-state index is 0.103. The second-order valence-electron chi connectivity index (χ2n) is 7.81. The van der Waals surface area contributed by atoms with Crippen LogP contribution in [0.25, 0.3) is 0 Å². The quantitative estimate of drug-likeness (QED) is 0.354. The van der Waals surface area contributed by atoms with E-state index in [1.54, 1.807) is 24.3 Å². The fourth-order valence-corrected chi connectivity index (χ4v) is 4.42. The van der Waals surface area contributed by atoms with E-state index in [4.69, 9.17) is 4.84 Å². The summed E-state index contributed by atoms with van der Waals surface area (Å²) < 4.78 is 0. The summed E-state index contributed by atoms with van der Waals surface area (Å²) in [5.74, 6) is -1.58. The minimum Gasteiger partial charge on any atom is -0.273 e. The maximum absolute atomic E-state index is 13.6. The number of nitro groups is 1. The van der Waals surface area contributed by atoms with Crippen molar-refractivity contribution in [2.75, 3.05) is 9.96 Å². The second-order valence-corrected chi connectivity index (χ2v) is 7.81. The van der Waals surface area contributed by atoms with Crippen LogP contribution < -0.4 is 9.96 Å². The Hall–Kier alpha value is -4.04. The summed E-state index contributed by atoms with van der Waals surface area (Å²) in [5.41, 5.74) is 2.43. The Morgan fingerprint density at radius 2 is 1.62 bits per heavy atom. The number of hydroxylamine groups is 1. The monoisotopic (exact) mass is 429 g/mol. The van der Waals surface area contributed by atoms with Gasteiger partial charge < -0.3 is 0 Å². The molecular weight excluding hydrogens is 410 g/mol. The number of hydrogen-bond donors (Lipinski definition) is 0. The number of carbonyl (C=O) groups excluding carboxylic acids is 2. The van der Waals surface area contributed by atoms with Crippen LogP contribution in [0.4, 0.5) is 17.1 Å². The molecule has 2 amide bonds. The molecule has 3 aromatic rings. The number of fused-ring (bicyclic) bond motifs is 1. The van der Waals surface area contributed by atoms with Gasteiger partial charge in [-0.1, -0.05) is 54.6 Å². The number of nitrogens with zero attached hydrogens (tertiary/aromatic N) is 3. The summed E-state index contributed by atoms with van der Waals surface area (Å²) in [4.78, 5) is 44.9. The van der Waals surface area contributed by atoms with Gasteiger partial charge in [0.15, 0.2) is 6.10 Å². The lowest BCUT2D eigenvalue weighted by molar-refractivity contribution is -0.384. The van der Waals surface area contributed by atoms with Gasteiger partial charge in [0, 0.05) is 12.1 Å². The maximum atomic E-state index is 13.6. The number of anilines is 2. The van der Waals surface area contributed by atoms with E-state index in [1.807, 2.05) is 49.4 Å². The van der Waals surface area contributed by atoms with Crippen molar-refractivity contribution < 1.29 is 19.3 Å². The maximum Gasteiger partial charge on any atom is 0.271 e. The van der Waals surface area contributed by atoms with Gasteiger partial charge in [0.05, 0.1) is 22.3 Å². The van der Waals surface area contributed by atoms with E-state index < -0.39 is 28.9 Å². The predicted molar refractivity (Wildman–Crippen MR) is 117 cm³/mol. The average Bonchev–Trinajstić information content (AvgIpc) is 3.31. The summed E-state index contributed by atoms with van der Waals surface area (Å²) in [7, 11) is 0. The van der Waals surface area contributed by atoms with Crippen LogP contribution in [0.2, 0.25) is 0 Å². The number of para-hydroxylation sites is 1. The van der Waals surface area contributed by atoms with E-state index in [0.29, 0.717) is 11.4 Å². The van der Waals surface area contributed by atoms with E-state index in [9.17, 15) is 19.7 Å². The van der Waals surface area contributed by atoms with Crippen molar-refractivity contribution in [1.82, 2.24) is 0 Å². The molecule has 2 aliphatic heterocycles. The normalized spacial score (nSPS) is 22.3. The number of imide groups is 1. The zero-order valence-corrected chi connectivity index (χ0v) is 17.1. The Balaban J connectivity index is 1.60. The number of hydrogen-bond acceptors (Lipinski definition) is 6. The van der Waals surface area contributed by atoms with Gasteiger partial charge in [0.25, 0.3) is 11.6 Å². The fourth-order valence-electron chi connectivity index (χ4n) is 4.42. The second kappa shape index (κ2) is 7.58. The molecule has 2 saturated heterocycles. The Bertz CT molecular complexity index is 1230. The van der Waals surface area contributed by atoms with Gasteiger partial charge in [0.2, 0.25) is 5.91 Å². The standard InChI is InChI=1S/C24H19N3O5/c1-15-8-5-6-13-19(15)25-23(28)20-21(16-9-3-2-4-10-16)26(32-22(20)24(25)29)17-11-7-12-18(14-17)27(30)31/h2-14,20-22H,1H3/t20-,21+,22-/m0/s1. The molecule has 8 heteroatoms. The third-order valence-corrected chi connectivity index (χ3v) is 5.91. The number of aryl methyl sites for hydroxylation is 1. The van der Waals surface area contributed by atoms with Crippen LogP contribution in [0.3, 0.4) is 0 Å². The molecule has 3 atom stereocenters. The number of benzene rings is 3. The van der Waals surface area contributed by atoms with Crippen molar-refractivity contribution in [3.63, 3.8) is 0 Å². The van der Waals surface area contributed by atoms with Gasteiger partial charge in [0.1, 0.15) is 5.92 Å². The number of carbonyl (C=O) groups is 2. The van der Waals surface area contributed by atoms with E-state index in [2.05, 4.69) is 0 Å². The topological polar surface area (TPSA) is 93.0 Å². The summed E-state index contributed by atoms with van der Waals surface area (Å²) in [6.07, 6.45) is -1.02. The van der Waals surface area contributed by atoms with Crippen molar-refractivity contribution in [2.24, 2.45) is 5.92 Å². The van der Waals surface area contributed by atoms with Gasteiger partial charge >= 0.3 is 0 Å². The van der Waals surface area contributed by atoms with Crippen molar-refractivity contribution in [3.05, 3.63) is 100 Å². The molecule has 160 valence electrons. The first-order chi connectivity index (χ1) is 15.5. The first-order valence-corrected chi connectivity index (χ1v) is 10.2. The Kier molecular flexibility index (Phi) is 4.71. The summed E-state index contributed by atoms with van der Waals surface area (Å²) >= 11 is 0. The molecule has 2 heterocycles. The molecule has 8 nitrogen and oxygen atoms in total. The van der Waals surface area contributed by atoms with E-state index >= 15 is 0 Å². The molecule has 0 radical (unpaired) electrons. The van der Waals surface area contributed by atoms with Gasteiger partial charge in [-0.05, 0) is 30.2 Å².